The number of rotatable bonds is 2. The molecular formula is C15H10FN3O. The molecule has 3 rings (SSSR count). The lowest BCUT2D eigenvalue weighted by Crippen LogP contribution is -2.13. The summed E-state index contributed by atoms with van der Waals surface area (Å²) in [7, 11) is 0. The second kappa shape index (κ2) is 5.05. The molecule has 0 aliphatic heterocycles. The van der Waals surface area contributed by atoms with Crippen LogP contribution < -0.4 is 5.32 Å². The van der Waals surface area contributed by atoms with Crippen LogP contribution >= 0.6 is 0 Å². The fraction of sp³-hybridized carbons (Fsp3) is 0. The van der Waals surface area contributed by atoms with Crippen molar-refractivity contribution in [1.82, 2.24) is 9.97 Å². The molecule has 1 N–H and O–H groups in total. The summed E-state index contributed by atoms with van der Waals surface area (Å²) in [5, 5.41) is 3.61. The highest BCUT2D eigenvalue weighted by Crippen LogP contribution is 2.22. The summed E-state index contributed by atoms with van der Waals surface area (Å²) in [5.74, 6) is -0.343. The van der Waals surface area contributed by atoms with Crippen molar-refractivity contribution in [3.8, 4) is 0 Å². The quantitative estimate of drug-likeness (QED) is 0.776. The van der Waals surface area contributed by atoms with Crippen molar-refractivity contribution in [2.45, 2.75) is 0 Å². The van der Waals surface area contributed by atoms with Gasteiger partial charge in [0.25, 0.3) is 5.91 Å². The molecule has 0 saturated carbocycles. The molecule has 5 heteroatoms. The standard InChI is InChI=1S/C15H10FN3O/c16-13-6-5-12(10-3-1-2-4-11(10)13)15(20)19-14-9-17-7-8-18-14/h1-9H,(H,18,19,20). The van der Waals surface area contributed by atoms with Crippen molar-refractivity contribution in [2.24, 2.45) is 0 Å². The van der Waals surface area contributed by atoms with E-state index < -0.39 is 0 Å². The average Bonchev–Trinajstić information content (AvgIpc) is 2.49. The van der Waals surface area contributed by atoms with Crippen LogP contribution in [0.15, 0.2) is 55.0 Å². The van der Waals surface area contributed by atoms with E-state index >= 15 is 0 Å². The van der Waals surface area contributed by atoms with Crippen molar-refractivity contribution in [1.29, 1.82) is 0 Å². The van der Waals surface area contributed by atoms with Gasteiger partial charge in [-0.1, -0.05) is 24.3 Å². The molecule has 0 spiro atoms. The van der Waals surface area contributed by atoms with Crippen LogP contribution in [0.1, 0.15) is 10.4 Å². The van der Waals surface area contributed by atoms with E-state index in [1.165, 1.54) is 30.7 Å². The number of nitrogens with zero attached hydrogens (tertiary/aromatic N) is 2. The van der Waals surface area contributed by atoms with E-state index in [1.54, 1.807) is 24.3 Å². The fourth-order valence-corrected chi connectivity index (χ4v) is 2.01. The van der Waals surface area contributed by atoms with Gasteiger partial charge in [0, 0.05) is 23.3 Å². The monoisotopic (exact) mass is 267 g/mol. The number of carbonyl (C=O) groups is 1. The minimum Gasteiger partial charge on any atom is -0.305 e. The van der Waals surface area contributed by atoms with E-state index in [0.29, 0.717) is 22.2 Å². The zero-order chi connectivity index (χ0) is 13.9. The van der Waals surface area contributed by atoms with Crippen LogP contribution in [-0.2, 0) is 0 Å². The van der Waals surface area contributed by atoms with Crippen LogP contribution in [0, 0.1) is 5.82 Å². The Hall–Kier alpha value is -2.82. The minimum absolute atomic E-state index is 0.346. The van der Waals surface area contributed by atoms with Gasteiger partial charge in [-0.2, -0.15) is 0 Å². The van der Waals surface area contributed by atoms with Gasteiger partial charge in [0.2, 0.25) is 0 Å². The predicted molar refractivity (Wildman–Crippen MR) is 73.9 cm³/mol. The van der Waals surface area contributed by atoms with Gasteiger partial charge in [-0.25, -0.2) is 9.37 Å². The van der Waals surface area contributed by atoms with E-state index in [2.05, 4.69) is 15.3 Å². The molecule has 1 aromatic heterocycles. The van der Waals surface area contributed by atoms with E-state index in [4.69, 9.17) is 0 Å². The van der Waals surface area contributed by atoms with Gasteiger partial charge in [0.1, 0.15) is 5.82 Å². The normalized spacial score (nSPS) is 10.4. The summed E-state index contributed by atoms with van der Waals surface area (Å²) in [6, 6.07) is 9.60. The molecule has 20 heavy (non-hydrogen) atoms. The molecule has 0 aliphatic rings. The number of carbonyl (C=O) groups excluding carboxylic acids is 1. The first kappa shape index (κ1) is 12.2. The number of aromatic nitrogens is 2. The number of hydrogen-bond donors (Lipinski definition) is 1. The first-order chi connectivity index (χ1) is 9.75. The summed E-state index contributed by atoms with van der Waals surface area (Å²) in [5.41, 5.74) is 0.396. The zero-order valence-electron chi connectivity index (χ0n) is 10.4. The Morgan fingerprint density at radius 2 is 1.85 bits per heavy atom. The molecule has 0 unspecified atom stereocenters. The molecule has 1 amide bonds. The van der Waals surface area contributed by atoms with Crippen LogP contribution in [0.4, 0.5) is 10.2 Å². The molecule has 1 heterocycles. The number of amides is 1. The van der Waals surface area contributed by atoms with E-state index in [1.807, 2.05) is 0 Å². The van der Waals surface area contributed by atoms with E-state index in [9.17, 15) is 9.18 Å². The second-order valence-corrected chi connectivity index (χ2v) is 4.19. The van der Waals surface area contributed by atoms with Crippen molar-refractivity contribution in [2.75, 3.05) is 5.32 Å². The molecule has 4 nitrogen and oxygen atoms in total. The highest BCUT2D eigenvalue weighted by molar-refractivity contribution is 6.12. The SMILES string of the molecule is O=C(Nc1cnccn1)c1ccc(F)c2ccccc12. The van der Waals surface area contributed by atoms with Crippen LogP contribution in [-0.4, -0.2) is 15.9 Å². The summed E-state index contributed by atoms with van der Waals surface area (Å²) < 4.78 is 13.7. The van der Waals surface area contributed by atoms with Gasteiger partial charge in [0.05, 0.1) is 6.20 Å². The van der Waals surface area contributed by atoms with Crippen LogP contribution in [0.5, 0.6) is 0 Å². The van der Waals surface area contributed by atoms with Crippen LogP contribution in [0.2, 0.25) is 0 Å². The highest BCUT2D eigenvalue weighted by atomic mass is 19.1. The van der Waals surface area contributed by atoms with Gasteiger partial charge in [-0.05, 0) is 17.5 Å². The number of hydrogen-bond acceptors (Lipinski definition) is 3. The molecule has 0 fully saturated rings. The van der Waals surface area contributed by atoms with Gasteiger partial charge in [-0.3, -0.25) is 9.78 Å². The smallest absolute Gasteiger partial charge is 0.257 e. The lowest BCUT2D eigenvalue weighted by atomic mass is 10.0. The number of halogens is 1. The third-order valence-corrected chi connectivity index (χ3v) is 2.92. The van der Waals surface area contributed by atoms with Crippen molar-refractivity contribution < 1.29 is 9.18 Å². The number of fused-ring (bicyclic) bond motifs is 1. The molecule has 2 aromatic carbocycles. The number of anilines is 1. The first-order valence-corrected chi connectivity index (χ1v) is 6.00. The second-order valence-electron chi connectivity index (χ2n) is 4.19. The molecule has 0 saturated heterocycles. The number of nitrogens with one attached hydrogen (secondary N) is 1. The Balaban J connectivity index is 2.02. The van der Waals surface area contributed by atoms with Crippen molar-refractivity contribution in [3.05, 3.63) is 66.4 Å². The van der Waals surface area contributed by atoms with E-state index in [-0.39, 0.29) is 11.7 Å². The molecule has 0 aliphatic carbocycles. The van der Waals surface area contributed by atoms with Crippen molar-refractivity contribution >= 4 is 22.5 Å². The Bertz CT molecular complexity index is 774. The molecule has 0 radical (unpaired) electrons. The topological polar surface area (TPSA) is 54.9 Å². The Morgan fingerprint density at radius 1 is 1.05 bits per heavy atom. The third kappa shape index (κ3) is 2.21. The lowest BCUT2D eigenvalue weighted by molar-refractivity contribution is 0.102. The Morgan fingerprint density at radius 3 is 2.60 bits per heavy atom. The highest BCUT2D eigenvalue weighted by Gasteiger charge is 2.12. The summed E-state index contributed by atoms with van der Waals surface area (Å²) in [4.78, 5) is 20.1. The van der Waals surface area contributed by atoms with Gasteiger partial charge in [-0.15, -0.1) is 0 Å². The largest absolute Gasteiger partial charge is 0.305 e. The van der Waals surface area contributed by atoms with Gasteiger partial charge < -0.3 is 5.32 Å². The molecule has 0 atom stereocenters. The van der Waals surface area contributed by atoms with E-state index in [0.717, 1.165) is 0 Å². The molecule has 3 aromatic rings. The number of benzene rings is 2. The van der Waals surface area contributed by atoms with Gasteiger partial charge in [0.15, 0.2) is 5.82 Å². The minimum atomic E-state index is -0.350. The van der Waals surface area contributed by atoms with Crippen LogP contribution in [0.25, 0.3) is 10.8 Å². The predicted octanol–water partition coefficient (Wildman–Crippen LogP) is 3.02. The van der Waals surface area contributed by atoms with Gasteiger partial charge >= 0.3 is 0 Å². The zero-order valence-corrected chi connectivity index (χ0v) is 10.4. The maximum Gasteiger partial charge on any atom is 0.257 e. The molecule has 98 valence electrons. The fourth-order valence-electron chi connectivity index (χ4n) is 2.01. The van der Waals surface area contributed by atoms with Crippen molar-refractivity contribution in [3.63, 3.8) is 0 Å². The summed E-state index contributed by atoms with van der Waals surface area (Å²) in [6.45, 7) is 0. The maximum absolute atomic E-state index is 13.7. The Kier molecular flexibility index (Phi) is 3.09. The molecule has 0 bridgehead atoms. The lowest BCUT2D eigenvalue weighted by Gasteiger charge is -2.07. The third-order valence-electron chi connectivity index (χ3n) is 2.92. The van der Waals surface area contributed by atoms with Crippen LogP contribution in [0.3, 0.4) is 0 Å². The maximum atomic E-state index is 13.7. The molecular weight excluding hydrogens is 257 g/mol. The summed E-state index contributed by atoms with van der Waals surface area (Å²) in [6.07, 6.45) is 4.45. The summed E-state index contributed by atoms with van der Waals surface area (Å²) >= 11 is 0. The average molecular weight is 267 g/mol. The Labute approximate surface area is 114 Å². The first-order valence-electron chi connectivity index (χ1n) is 6.00.